The highest BCUT2D eigenvalue weighted by molar-refractivity contribution is 7.16. The lowest BCUT2D eigenvalue weighted by atomic mass is 10.4. The molecule has 1 aromatic heterocycles. The third-order valence-electron chi connectivity index (χ3n) is 1.90. The lowest BCUT2D eigenvalue weighted by Gasteiger charge is -2.17. The Morgan fingerprint density at radius 1 is 1.54 bits per heavy atom. The largest absolute Gasteiger partial charge is 0.329 e. The van der Waals surface area contributed by atoms with Crippen LogP contribution in [0.4, 0.5) is 0 Å². The molecule has 2 nitrogen and oxygen atoms in total. The summed E-state index contributed by atoms with van der Waals surface area (Å²) in [4.78, 5) is 3.61. The van der Waals surface area contributed by atoms with E-state index in [0.717, 1.165) is 24.0 Å². The van der Waals surface area contributed by atoms with Gasteiger partial charge < -0.3 is 5.73 Å². The molecule has 0 unspecified atom stereocenters. The normalized spacial score (nSPS) is 11.1. The molecule has 0 spiro atoms. The van der Waals surface area contributed by atoms with Crippen LogP contribution >= 0.6 is 22.9 Å². The standard InChI is InChI=1S/C9H15ClN2S/c1-2-12(6-5-11)7-8-3-4-9(10)13-8/h3-4H,2,5-7,11H2,1H3. The number of nitrogens with two attached hydrogens (primary N) is 1. The predicted molar refractivity (Wildman–Crippen MR) is 59.3 cm³/mol. The summed E-state index contributed by atoms with van der Waals surface area (Å²) in [5, 5.41) is 0. The fourth-order valence-corrected chi connectivity index (χ4v) is 2.32. The molecule has 0 aliphatic rings. The summed E-state index contributed by atoms with van der Waals surface area (Å²) in [7, 11) is 0. The van der Waals surface area contributed by atoms with Crippen LogP contribution in [0.2, 0.25) is 4.34 Å². The first-order valence-corrected chi connectivity index (χ1v) is 5.62. The average Bonchev–Trinajstić information content (AvgIpc) is 2.50. The van der Waals surface area contributed by atoms with Gasteiger partial charge in [0, 0.05) is 24.5 Å². The Morgan fingerprint density at radius 3 is 2.77 bits per heavy atom. The van der Waals surface area contributed by atoms with Crippen LogP contribution in [0.5, 0.6) is 0 Å². The molecule has 0 radical (unpaired) electrons. The predicted octanol–water partition coefficient (Wildman–Crippen LogP) is 2.18. The van der Waals surface area contributed by atoms with Gasteiger partial charge >= 0.3 is 0 Å². The zero-order valence-corrected chi connectivity index (χ0v) is 9.37. The van der Waals surface area contributed by atoms with Crippen molar-refractivity contribution in [2.45, 2.75) is 13.5 Å². The Bertz CT molecular complexity index is 250. The van der Waals surface area contributed by atoms with E-state index in [0.29, 0.717) is 6.54 Å². The minimum Gasteiger partial charge on any atom is -0.329 e. The second-order valence-electron chi connectivity index (χ2n) is 2.86. The summed E-state index contributed by atoms with van der Waals surface area (Å²) in [5.74, 6) is 0. The van der Waals surface area contributed by atoms with E-state index in [9.17, 15) is 0 Å². The number of likely N-dealkylation sites (N-methyl/N-ethyl adjacent to an activating group) is 1. The van der Waals surface area contributed by atoms with Crippen molar-refractivity contribution >= 4 is 22.9 Å². The maximum atomic E-state index is 5.84. The Morgan fingerprint density at radius 2 is 2.31 bits per heavy atom. The number of halogens is 1. The van der Waals surface area contributed by atoms with Crippen LogP contribution in [-0.2, 0) is 6.54 Å². The van der Waals surface area contributed by atoms with Gasteiger partial charge in [0.15, 0.2) is 0 Å². The maximum Gasteiger partial charge on any atom is 0.0931 e. The lowest BCUT2D eigenvalue weighted by molar-refractivity contribution is 0.291. The van der Waals surface area contributed by atoms with Crippen LogP contribution < -0.4 is 5.73 Å². The van der Waals surface area contributed by atoms with Crippen molar-refractivity contribution in [1.82, 2.24) is 4.90 Å². The molecule has 0 atom stereocenters. The molecule has 0 aliphatic carbocycles. The summed E-state index contributed by atoms with van der Waals surface area (Å²) < 4.78 is 0.860. The van der Waals surface area contributed by atoms with Crippen LogP contribution in [0.25, 0.3) is 0 Å². The fraction of sp³-hybridized carbons (Fsp3) is 0.556. The van der Waals surface area contributed by atoms with Gasteiger partial charge in [0.25, 0.3) is 0 Å². The zero-order chi connectivity index (χ0) is 9.68. The third kappa shape index (κ3) is 3.65. The summed E-state index contributed by atoms with van der Waals surface area (Å²) in [6, 6.07) is 4.02. The van der Waals surface area contributed by atoms with E-state index in [-0.39, 0.29) is 0 Å². The first-order valence-electron chi connectivity index (χ1n) is 4.43. The van der Waals surface area contributed by atoms with Crippen LogP contribution in [0.3, 0.4) is 0 Å². The zero-order valence-electron chi connectivity index (χ0n) is 7.79. The molecule has 0 fully saturated rings. The first-order chi connectivity index (χ1) is 6.26. The van der Waals surface area contributed by atoms with E-state index in [1.54, 1.807) is 11.3 Å². The van der Waals surface area contributed by atoms with Gasteiger partial charge in [0.1, 0.15) is 0 Å². The van der Waals surface area contributed by atoms with Crippen molar-refractivity contribution in [2.75, 3.05) is 19.6 Å². The van der Waals surface area contributed by atoms with Gasteiger partial charge in [-0.25, -0.2) is 0 Å². The van der Waals surface area contributed by atoms with Crippen molar-refractivity contribution in [2.24, 2.45) is 5.73 Å². The van der Waals surface area contributed by atoms with Crippen LogP contribution in [0, 0.1) is 0 Å². The van der Waals surface area contributed by atoms with Gasteiger partial charge in [0.2, 0.25) is 0 Å². The van der Waals surface area contributed by atoms with E-state index in [2.05, 4.69) is 17.9 Å². The molecule has 13 heavy (non-hydrogen) atoms. The van der Waals surface area contributed by atoms with Gasteiger partial charge in [-0.05, 0) is 18.7 Å². The molecule has 0 saturated heterocycles. The summed E-state index contributed by atoms with van der Waals surface area (Å²) in [6.45, 7) is 5.81. The van der Waals surface area contributed by atoms with Gasteiger partial charge in [-0.2, -0.15) is 0 Å². The van der Waals surface area contributed by atoms with E-state index in [1.807, 2.05) is 6.07 Å². The van der Waals surface area contributed by atoms with Crippen LogP contribution in [0.15, 0.2) is 12.1 Å². The van der Waals surface area contributed by atoms with Crippen molar-refractivity contribution in [1.29, 1.82) is 0 Å². The number of thiophene rings is 1. The maximum absolute atomic E-state index is 5.84. The van der Waals surface area contributed by atoms with Gasteiger partial charge in [0.05, 0.1) is 4.34 Å². The van der Waals surface area contributed by atoms with Gasteiger partial charge in [-0.15, -0.1) is 11.3 Å². The topological polar surface area (TPSA) is 29.3 Å². The molecule has 74 valence electrons. The van der Waals surface area contributed by atoms with Crippen molar-refractivity contribution < 1.29 is 0 Å². The second-order valence-corrected chi connectivity index (χ2v) is 4.66. The van der Waals surface area contributed by atoms with Crippen LogP contribution in [-0.4, -0.2) is 24.5 Å². The Labute approximate surface area is 88.3 Å². The van der Waals surface area contributed by atoms with Gasteiger partial charge in [-0.3, -0.25) is 4.90 Å². The first kappa shape index (κ1) is 11.0. The fourth-order valence-electron chi connectivity index (χ4n) is 1.19. The molecule has 0 saturated carbocycles. The number of nitrogens with zero attached hydrogens (tertiary/aromatic N) is 1. The highest BCUT2D eigenvalue weighted by Gasteiger charge is 2.04. The molecular weight excluding hydrogens is 204 g/mol. The number of hydrogen-bond acceptors (Lipinski definition) is 3. The highest BCUT2D eigenvalue weighted by atomic mass is 35.5. The molecule has 2 N–H and O–H groups in total. The molecule has 0 amide bonds. The Balaban J connectivity index is 2.46. The molecule has 1 heterocycles. The van der Waals surface area contributed by atoms with Gasteiger partial charge in [-0.1, -0.05) is 18.5 Å². The smallest absolute Gasteiger partial charge is 0.0931 e. The van der Waals surface area contributed by atoms with Crippen LogP contribution in [0.1, 0.15) is 11.8 Å². The van der Waals surface area contributed by atoms with E-state index < -0.39 is 0 Å². The number of hydrogen-bond donors (Lipinski definition) is 1. The minimum atomic E-state index is 0.715. The van der Waals surface area contributed by atoms with E-state index in [1.165, 1.54) is 4.88 Å². The minimum absolute atomic E-state index is 0.715. The van der Waals surface area contributed by atoms with Crippen molar-refractivity contribution in [3.8, 4) is 0 Å². The highest BCUT2D eigenvalue weighted by Crippen LogP contribution is 2.22. The molecular formula is C9H15ClN2S. The molecule has 1 rings (SSSR count). The molecule has 1 aromatic rings. The lowest BCUT2D eigenvalue weighted by Crippen LogP contribution is -2.28. The second kappa shape index (κ2) is 5.60. The Hall–Kier alpha value is -0.0900. The summed E-state index contributed by atoms with van der Waals surface area (Å²) >= 11 is 7.48. The molecule has 0 aromatic carbocycles. The van der Waals surface area contributed by atoms with E-state index in [4.69, 9.17) is 17.3 Å². The average molecular weight is 219 g/mol. The SMILES string of the molecule is CCN(CCN)Cc1ccc(Cl)s1. The summed E-state index contributed by atoms with van der Waals surface area (Å²) in [6.07, 6.45) is 0. The molecule has 0 aliphatic heterocycles. The number of rotatable bonds is 5. The Kier molecular flexibility index (Phi) is 4.73. The quantitative estimate of drug-likeness (QED) is 0.821. The third-order valence-corrected chi connectivity index (χ3v) is 3.12. The van der Waals surface area contributed by atoms with Crippen molar-refractivity contribution in [3.63, 3.8) is 0 Å². The van der Waals surface area contributed by atoms with Crippen molar-refractivity contribution in [3.05, 3.63) is 21.3 Å². The summed E-state index contributed by atoms with van der Waals surface area (Å²) in [5.41, 5.74) is 5.50. The van der Waals surface area contributed by atoms with E-state index >= 15 is 0 Å². The monoisotopic (exact) mass is 218 g/mol. The molecule has 0 bridgehead atoms. The molecule has 4 heteroatoms.